The second-order valence-corrected chi connectivity index (χ2v) is 10.9. The average molecular weight is 498 g/mol. The van der Waals surface area contributed by atoms with E-state index in [0.29, 0.717) is 31.2 Å². The van der Waals surface area contributed by atoms with Crippen LogP contribution < -0.4 is 5.32 Å². The summed E-state index contributed by atoms with van der Waals surface area (Å²) in [6, 6.07) is 21.2. The molecule has 3 aromatic carbocycles. The van der Waals surface area contributed by atoms with Gasteiger partial charge < -0.3 is 5.32 Å². The monoisotopic (exact) mass is 497 g/mol. The lowest BCUT2D eigenvalue weighted by Gasteiger charge is -2.38. The number of piperazine rings is 1. The molecule has 0 unspecified atom stereocenters. The van der Waals surface area contributed by atoms with Crippen LogP contribution in [0.15, 0.2) is 77.7 Å². The van der Waals surface area contributed by atoms with Crippen LogP contribution in [0.25, 0.3) is 0 Å². The number of sulfonamides is 1. The minimum absolute atomic E-state index is 0.131. The second kappa shape index (κ2) is 10.3. The third-order valence-corrected chi connectivity index (χ3v) is 8.27. The molecule has 0 saturated carbocycles. The zero-order valence-corrected chi connectivity index (χ0v) is 20.8. The number of hydrogen-bond donors (Lipinski definition) is 1. The number of benzene rings is 3. The number of carbonyl (C=O) groups excluding carboxylic acids is 1. The average Bonchev–Trinajstić information content (AvgIpc) is 2.83. The normalized spacial score (nSPS) is 16.2. The molecule has 0 spiro atoms. The fourth-order valence-corrected chi connectivity index (χ4v) is 5.74. The van der Waals surface area contributed by atoms with Crippen LogP contribution in [0.3, 0.4) is 0 Å². The van der Waals surface area contributed by atoms with Crippen molar-refractivity contribution in [3.05, 3.63) is 94.5 Å². The van der Waals surface area contributed by atoms with E-state index in [4.69, 9.17) is 11.6 Å². The minimum Gasteiger partial charge on any atom is -0.324 e. The topological polar surface area (TPSA) is 69.7 Å². The Morgan fingerprint density at radius 1 is 0.912 bits per heavy atom. The molecule has 3 aromatic rings. The molecule has 1 fully saturated rings. The number of aryl methyl sites for hydroxylation is 2. The van der Waals surface area contributed by atoms with E-state index in [2.05, 4.69) is 5.32 Å². The van der Waals surface area contributed by atoms with Crippen LogP contribution in [-0.4, -0.2) is 49.7 Å². The largest absolute Gasteiger partial charge is 0.324 e. The first kappa shape index (κ1) is 24.4. The van der Waals surface area contributed by atoms with Crippen molar-refractivity contribution in [1.29, 1.82) is 0 Å². The summed E-state index contributed by atoms with van der Waals surface area (Å²) in [5, 5.41) is 3.58. The number of amides is 1. The summed E-state index contributed by atoms with van der Waals surface area (Å²) < 4.78 is 27.6. The Morgan fingerprint density at radius 3 is 2.21 bits per heavy atom. The Bertz CT molecular complexity index is 1260. The summed E-state index contributed by atoms with van der Waals surface area (Å²) in [5.74, 6) is -0.131. The highest BCUT2D eigenvalue weighted by atomic mass is 35.5. The van der Waals surface area contributed by atoms with Gasteiger partial charge in [-0.05, 0) is 60.9 Å². The predicted molar refractivity (Wildman–Crippen MR) is 136 cm³/mol. The lowest BCUT2D eigenvalue weighted by atomic mass is 10.0. The van der Waals surface area contributed by atoms with Crippen LogP contribution >= 0.6 is 11.6 Å². The van der Waals surface area contributed by atoms with Gasteiger partial charge in [-0.3, -0.25) is 9.69 Å². The third kappa shape index (κ3) is 5.33. The molecule has 34 heavy (non-hydrogen) atoms. The summed E-state index contributed by atoms with van der Waals surface area (Å²) >= 11 is 5.91. The molecule has 1 atom stereocenters. The van der Waals surface area contributed by atoms with E-state index < -0.39 is 16.1 Å². The number of hydrogen-bond acceptors (Lipinski definition) is 4. The van der Waals surface area contributed by atoms with Gasteiger partial charge in [0.05, 0.1) is 4.90 Å². The van der Waals surface area contributed by atoms with Crippen molar-refractivity contribution in [1.82, 2.24) is 9.21 Å². The Hall–Kier alpha value is -2.71. The van der Waals surface area contributed by atoms with E-state index in [1.165, 1.54) is 16.4 Å². The Balaban J connectivity index is 1.54. The van der Waals surface area contributed by atoms with Crippen molar-refractivity contribution in [2.45, 2.75) is 24.8 Å². The van der Waals surface area contributed by atoms with Gasteiger partial charge in [0.1, 0.15) is 6.04 Å². The van der Waals surface area contributed by atoms with Gasteiger partial charge in [-0.15, -0.1) is 0 Å². The maximum atomic E-state index is 13.5. The predicted octanol–water partition coefficient (Wildman–Crippen LogP) is 4.64. The van der Waals surface area contributed by atoms with Crippen molar-refractivity contribution >= 4 is 33.2 Å². The third-order valence-electron chi connectivity index (χ3n) is 6.10. The first-order chi connectivity index (χ1) is 16.3. The molecule has 8 heteroatoms. The van der Waals surface area contributed by atoms with Gasteiger partial charge >= 0.3 is 0 Å². The zero-order chi connectivity index (χ0) is 24.3. The highest BCUT2D eigenvalue weighted by Crippen LogP contribution is 2.27. The SMILES string of the molecule is Cc1ccc(C)c(NC(=O)[C@@H](c2ccccc2)N2CCN(S(=O)(=O)c3ccc(Cl)cc3)CC2)c1. The highest BCUT2D eigenvalue weighted by Gasteiger charge is 2.34. The molecule has 1 aliphatic rings. The Kier molecular flexibility index (Phi) is 7.38. The molecular formula is C26H28ClN3O3S. The lowest BCUT2D eigenvalue weighted by molar-refractivity contribution is -0.122. The van der Waals surface area contributed by atoms with Gasteiger partial charge in [0.25, 0.3) is 0 Å². The Morgan fingerprint density at radius 2 is 1.56 bits per heavy atom. The zero-order valence-electron chi connectivity index (χ0n) is 19.2. The van der Waals surface area contributed by atoms with E-state index in [1.807, 2.05) is 67.3 Å². The van der Waals surface area contributed by atoms with Gasteiger partial charge in [-0.25, -0.2) is 8.42 Å². The smallest absolute Gasteiger partial charge is 0.246 e. The number of nitrogens with one attached hydrogen (secondary N) is 1. The van der Waals surface area contributed by atoms with Crippen molar-refractivity contribution in [3.8, 4) is 0 Å². The molecule has 1 heterocycles. The molecule has 178 valence electrons. The van der Waals surface area contributed by atoms with Gasteiger partial charge in [-0.2, -0.15) is 4.31 Å². The van der Waals surface area contributed by atoms with Gasteiger partial charge in [0.15, 0.2) is 0 Å². The molecule has 1 N–H and O–H groups in total. The summed E-state index contributed by atoms with van der Waals surface area (Å²) in [5.41, 5.74) is 3.72. The number of nitrogens with zero attached hydrogens (tertiary/aromatic N) is 2. The molecule has 1 saturated heterocycles. The first-order valence-electron chi connectivity index (χ1n) is 11.2. The van der Waals surface area contributed by atoms with Crippen LogP contribution in [0.4, 0.5) is 5.69 Å². The summed E-state index contributed by atoms with van der Waals surface area (Å²) in [6.07, 6.45) is 0. The van der Waals surface area contributed by atoms with Crippen molar-refractivity contribution < 1.29 is 13.2 Å². The van der Waals surface area contributed by atoms with E-state index in [-0.39, 0.29) is 10.8 Å². The summed E-state index contributed by atoms with van der Waals surface area (Å²) in [4.78, 5) is 15.8. The molecule has 1 aliphatic heterocycles. The molecule has 0 aliphatic carbocycles. The maximum Gasteiger partial charge on any atom is 0.246 e. The van der Waals surface area contributed by atoms with Crippen molar-refractivity contribution in [2.75, 3.05) is 31.5 Å². The van der Waals surface area contributed by atoms with Gasteiger partial charge in [0, 0.05) is 36.9 Å². The fraction of sp³-hybridized carbons (Fsp3) is 0.269. The molecule has 0 aromatic heterocycles. The lowest BCUT2D eigenvalue weighted by Crippen LogP contribution is -2.51. The van der Waals surface area contributed by atoms with Crippen LogP contribution in [0.5, 0.6) is 0 Å². The number of rotatable bonds is 6. The van der Waals surface area contributed by atoms with Gasteiger partial charge in [-0.1, -0.05) is 54.1 Å². The first-order valence-corrected chi connectivity index (χ1v) is 13.0. The van der Waals surface area contributed by atoms with Crippen LogP contribution in [0, 0.1) is 13.8 Å². The molecular weight excluding hydrogens is 470 g/mol. The molecule has 0 bridgehead atoms. The number of halogens is 1. The van der Waals surface area contributed by atoms with Crippen molar-refractivity contribution in [2.24, 2.45) is 0 Å². The number of carbonyl (C=O) groups is 1. The van der Waals surface area contributed by atoms with Crippen LogP contribution in [-0.2, 0) is 14.8 Å². The van der Waals surface area contributed by atoms with Crippen molar-refractivity contribution in [3.63, 3.8) is 0 Å². The second-order valence-electron chi connectivity index (χ2n) is 8.51. The molecule has 1 amide bonds. The van der Waals surface area contributed by atoms with Crippen LogP contribution in [0.1, 0.15) is 22.7 Å². The van der Waals surface area contributed by atoms with E-state index in [1.54, 1.807) is 12.1 Å². The summed E-state index contributed by atoms with van der Waals surface area (Å²) in [6.45, 7) is 5.42. The van der Waals surface area contributed by atoms with Gasteiger partial charge in [0.2, 0.25) is 15.9 Å². The molecule has 0 radical (unpaired) electrons. The van der Waals surface area contributed by atoms with E-state index in [9.17, 15) is 13.2 Å². The molecule has 6 nitrogen and oxygen atoms in total. The van der Waals surface area contributed by atoms with E-state index in [0.717, 1.165) is 22.4 Å². The van der Waals surface area contributed by atoms with E-state index >= 15 is 0 Å². The highest BCUT2D eigenvalue weighted by molar-refractivity contribution is 7.89. The maximum absolute atomic E-state index is 13.5. The summed E-state index contributed by atoms with van der Waals surface area (Å²) in [7, 11) is -3.62. The van der Waals surface area contributed by atoms with Crippen LogP contribution in [0.2, 0.25) is 5.02 Å². The minimum atomic E-state index is -3.62. The quantitative estimate of drug-likeness (QED) is 0.538. The number of anilines is 1. The Labute approximate surface area is 206 Å². The standard InChI is InChI=1S/C26H28ClN3O3S/c1-19-8-9-20(2)24(18-19)28-26(31)25(21-6-4-3-5-7-21)29-14-16-30(17-15-29)34(32,33)23-12-10-22(27)11-13-23/h3-13,18,25H,14-17H2,1-2H3,(H,28,31)/t25-/m1/s1. The fourth-order valence-electron chi connectivity index (χ4n) is 4.19. The molecule has 4 rings (SSSR count).